The Kier molecular flexibility index (Phi) is 3.30. The molecule has 98 valence electrons. The van der Waals surface area contributed by atoms with Crippen LogP contribution in [0.1, 0.15) is 30.1 Å². The number of ether oxygens (including phenoxy) is 2. The summed E-state index contributed by atoms with van der Waals surface area (Å²) in [4.78, 5) is 12.4. The molecule has 1 aliphatic carbocycles. The SMILES string of the molecule is COc1ccc(C(=O)C(C)(N)C2CC2)cc1OC. The highest BCUT2D eigenvalue weighted by Crippen LogP contribution is 2.40. The van der Waals surface area contributed by atoms with E-state index in [9.17, 15) is 4.79 Å². The molecule has 4 heteroatoms. The van der Waals surface area contributed by atoms with Gasteiger partial charge in [-0.05, 0) is 43.9 Å². The highest BCUT2D eigenvalue weighted by Gasteiger charge is 2.44. The zero-order valence-corrected chi connectivity index (χ0v) is 11.0. The van der Waals surface area contributed by atoms with E-state index >= 15 is 0 Å². The van der Waals surface area contributed by atoms with Gasteiger partial charge >= 0.3 is 0 Å². The topological polar surface area (TPSA) is 61.5 Å². The van der Waals surface area contributed by atoms with Gasteiger partial charge in [0.2, 0.25) is 0 Å². The van der Waals surface area contributed by atoms with Crippen LogP contribution in [0.15, 0.2) is 18.2 Å². The fourth-order valence-corrected chi connectivity index (χ4v) is 2.16. The Labute approximate surface area is 107 Å². The number of rotatable bonds is 5. The van der Waals surface area contributed by atoms with Gasteiger partial charge in [-0.3, -0.25) is 4.79 Å². The molecule has 1 saturated carbocycles. The van der Waals surface area contributed by atoms with Crippen molar-refractivity contribution in [3.8, 4) is 11.5 Å². The first-order chi connectivity index (χ1) is 8.50. The molecule has 1 fully saturated rings. The monoisotopic (exact) mass is 249 g/mol. The summed E-state index contributed by atoms with van der Waals surface area (Å²) < 4.78 is 10.3. The summed E-state index contributed by atoms with van der Waals surface area (Å²) in [6, 6.07) is 5.15. The number of hydrogen-bond acceptors (Lipinski definition) is 4. The van der Waals surface area contributed by atoms with Gasteiger partial charge in [0.1, 0.15) is 0 Å². The van der Waals surface area contributed by atoms with Crippen LogP contribution in [0, 0.1) is 5.92 Å². The molecule has 2 rings (SSSR count). The number of carbonyl (C=O) groups is 1. The van der Waals surface area contributed by atoms with E-state index in [4.69, 9.17) is 15.2 Å². The maximum atomic E-state index is 12.4. The van der Waals surface area contributed by atoms with Crippen molar-refractivity contribution in [2.24, 2.45) is 11.7 Å². The summed E-state index contributed by atoms with van der Waals surface area (Å²) in [6.07, 6.45) is 2.07. The summed E-state index contributed by atoms with van der Waals surface area (Å²) in [7, 11) is 3.12. The van der Waals surface area contributed by atoms with Gasteiger partial charge in [-0.2, -0.15) is 0 Å². The summed E-state index contributed by atoms with van der Waals surface area (Å²) in [5.74, 6) is 1.43. The van der Waals surface area contributed by atoms with Crippen molar-refractivity contribution in [2.45, 2.75) is 25.3 Å². The molecule has 0 bridgehead atoms. The molecular weight excluding hydrogens is 230 g/mol. The second-order valence-electron chi connectivity index (χ2n) is 4.96. The van der Waals surface area contributed by atoms with E-state index in [0.717, 1.165) is 12.8 Å². The Hall–Kier alpha value is -1.55. The minimum Gasteiger partial charge on any atom is -0.493 e. The van der Waals surface area contributed by atoms with E-state index in [2.05, 4.69) is 0 Å². The molecule has 4 nitrogen and oxygen atoms in total. The van der Waals surface area contributed by atoms with Crippen LogP contribution in [-0.4, -0.2) is 25.5 Å². The number of benzene rings is 1. The first-order valence-electron chi connectivity index (χ1n) is 6.06. The minimum absolute atomic E-state index is 0.0362. The first-order valence-corrected chi connectivity index (χ1v) is 6.06. The fraction of sp³-hybridized carbons (Fsp3) is 0.500. The Morgan fingerprint density at radius 1 is 1.28 bits per heavy atom. The average Bonchev–Trinajstić information content (AvgIpc) is 3.21. The van der Waals surface area contributed by atoms with Crippen LogP contribution in [0.25, 0.3) is 0 Å². The molecular formula is C14H19NO3. The Balaban J connectivity index is 2.30. The van der Waals surface area contributed by atoms with Crippen LogP contribution in [0.5, 0.6) is 11.5 Å². The van der Waals surface area contributed by atoms with Gasteiger partial charge in [-0.1, -0.05) is 0 Å². The summed E-state index contributed by atoms with van der Waals surface area (Å²) >= 11 is 0. The van der Waals surface area contributed by atoms with Crippen molar-refractivity contribution in [1.29, 1.82) is 0 Å². The molecule has 0 aromatic heterocycles. The van der Waals surface area contributed by atoms with Crippen molar-refractivity contribution in [2.75, 3.05) is 14.2 Å². The van der Waals surface area contributed by atoms with Crippen molar-refractivity contribution in [3.63, 3.8) is 0 Å². The first kappa shape index (κ1) is 12.9. The number of ketones is 1. The van der Waals surface area contributed by atoms with Gasteiger partial charge in [0, 0.05) is 5.56 Å². The van der Waals surface area contributed by atoms with Crippen LogP contribution in [0.2, 0.25) is 0 Å². The van der Waals surface area contributed by atoms with Gasteiger partial charge in [0.25, 0.3) is 0 Å². The lowest BCUT2D eigenvalue weighted by Crippen LogP contribution is -2.47. The minimum atomic E-state index is -0.778. The smallest absolute Gasteiger partial charge is 0.182 e. The Morgan fingerprint density at radius 3 is 2.39 bits per heavy atom. The zero-order chi connectivity index (χ0) is 13.3. The van der Waals surface area contributed by atoms with E-state index in [0.29, 0.717) is 23.0 Å². The van der Waals surface area contributed by atoms with E-state index in [1.165, 1.54) is 0 Å². The molecule has 1 atom stereocenters. The van der Waals surface area contributed by atoms with Gasteiger partial charge in [-0.25, -0.2) is 0 Å². The third-order valence-corrected chi connectivity index (χ3v) is 3.56. The maximum absolute atomic E-state index is 12.4. The molecule has 1 aliphatic rings. The van der Waals surface area contributed by atoms with Crippen LogP contribution < -0.4 is 15.2 Å². The number of hydrogen-bond donors (Lipinski definition) is 1. The highest BCUT2D eigenvalue weighted by atomic mass is 16.5. The molecule has 0 saturated heterocycles. The molecule has 1 aromatic carbocycles. The van der Waals surface area contributed by atoms with Crippen molar-refractivity contribution in [3.05, 3.63) is 23.8 Å². The predicted octanol–water partition coefficient (Wildman–Crippen LogP) is 2.01. The Morgan fingerprint density at radius 2 is 1.89 bits per heavy atom. The second kappa shape index (κ2) is 4.61. The normalized spacial score (nSPS) is 18.0. The summed E-state index contributed by atoms with van der Waals surface area (Å²) in [5.41, 5.74) is 5.93. The largest absolute Gasteiger partial charge is 0.493 e. The summed E-state index contributed by atoms with van der Waals surface area (Å²) in [5, 5.41) is 0. The number of carbonyl (C=O) groups excluding carboxylic acids is 1. The van der Waals surface area contributed by atoms with Crippen LogP contribution >= 0.6 is 0 Å². The molecule has 0 spiro atoms. The molecule has 18 heavy (non-hydrogen) atoms. The molecule has 1 aromatic rings. The third-order valence-electron chi connectivity index (χ3n) is 3.56. The lowest BCUT2D eigenvalue weighted by Gasteiger charge is -2.23. The number of methoxy groups -OCH3 is 2. The molecule has 0 amide bonds. The van der Waals surface area contributed by atoms with Gasteiger partial charge in [0.05, 0.1) is 19.8 Å². The van der Waals surface area contributed by atoms with Gasteiger partial charge in [0.15, 0.2) is 17.3 Å². The van der Waals surface area contributed by atoms with Crippen molar-refractivity contribution >= 4 is 5.78 Å². The molecule has 0 radical (unpaired) electrons. The van der Waals surface area contributed by atoms with Crippen molar-refractivity contribution in [1.82, 2.24) is 0 Å². The lowest BCUT2D eigenvalue weighted by molar-refractivity contribution is 0.0883. The van der Waals surface area contributed by atoms with Crippen LogP contribution in [0.3, 0.4) is 0 Å². The van der Waals surface area contributed by atoms with Crippen molar-refractivity contribution < 1.29 is 14.3 Å². The zero-order valence-electron chi connectivity index (χ0n) is 11.0. The third kappa shape index (κ3) is 2.20. The number of nitrogens with two attached hydrogens (primary N) is 1. The fourth-order valence-electron chi connectivity index (χ4n) is 2.16. The summed E-state index contributed by atoms with van der Waals surface area (Å²) in [6.45, 7) is 1.81. The van der Waals surface area contributed by atoms with Gasteiger partial charge in [-0.15, -0.1) is 0 Å². The molecule has 0 heterocycles. The van der Waals surface area contributed by atoms with Crippen LogP contribution in [-0.2, 0) is 0 Å². The standard InChI is InChI=1S/C14H19NO3/c1-14(15,10-5-6-10)13(16)9-4-7-11(17-2)12(8-9)18-3/h4,7-8,10H,5-6,15H2,1-3H3. The highest BCUT2D eigenvalue weighted by molar-refractivity contribution is 6.03. The quantitative estimate of drug-likeness (QED) is 0.811. The molecule has 0 aliphatic heterocycles. The number of Topliss-reactive ketones (excluding diaryl/α,β-unsaturated/α-hetero) is 1. The lowest BCUT2D eigenvalue weighted by atomic mass is 9.87. The maximum Gasteiger partial charge on any atom is 0.182 e. The average molecular weight is 249 g/mol. The van der Waals surface area contributed by atoms with Crippen LogP contribution in [0.4, 0.5) is 0 Å². The second-order valence-corrected chi connectivity index (χ2v) is 4.96. The molecule has 2 N–H and O–H groups in total. The van der Waals surface area contributed by atoms with E-state index < -0.39 is 5.54 Å². The van der Waals surface area contributed by atoms with E-state index in [1.54, 1.807) is 32.4 Å². The van der Waals surface area contributed by atoms with Gasteiger partial charge < -0.3 is 15.2 Å². The van der Waals surface area contributed by atoms with E-state index in [1.807, 2.05) is 6.92 Å². The predicted molar refractivity (Wildman–Crippen MR) is 69.2 cm³/mol. The van der Waals surface area contributed by atoms with E-state index in [-0.39, 0.29) is 5.78 Å². The molecule has 1 unspecified atom stereocenters. The Bertz CT molecular complexity index is 464.